The minimum atomic E-state index is -4.47. The van der Waals surface area contributed by atoms with Crippen LogP contribution >= 0.6 is 92.5 Å². The number of rotatable bonds is 26. The van der Waals surface area contributed by atoms with Crippen molar-refractivity contribution in [3.8, 4) is 18.0 Å². The number of aromatic nitrogens is 28. The molecule has 678 valence electrons. The van der Waals surface area contributed by atoms with Crippen LogP contribution in [0.1, 0.15) is 58.8 Å². The lowest BCUT2D eigenvalue weighted by Gasteiger charge is -2.08. The van der Waals surface area contributed by atoms with Gasteiger partial charge in [-0.15, -0.1) is 11.3 Å². The van der Waals surface area contributed by atoms with Gasteiger partial charge in [-0.3, -0.25) is 4.98 Å². The third-order valence-electron chi connectivity index (χ3n) is 17.2. The SMILES string of the molecule is CC(C)Oc1nc2nc(Cl)nc(NCc3ccco3)c2[nH]1.COc1nc2nc(Cl)nc(NCc3ccco3)c2[nH]1.Clc1nc(NCc2ccco2)c2[nH]cnc2n1.Clc1nc(NCc2ccncc2)c2[nH]cnc2n1.Clc1nc(NCc2nccs2)c2[nH]cnc2n1.Clc1nc2c(c(NCc3ccco3)n1)CC=N2.FC(F)(F)COc1nc2nc(Cl)nc(NCc3ccco3)c2[nH]1. The molecule has 0 aromatic carbocycles. The standard InChI is InChI=1S/C13H14ClN5O2.C12H9ClF3N5O2.C11H9ClN6.C11H10ClN5O2.C11H9ClN4O.C10H8ClN5O.C9H7ClN6S/c1-7(2)21-13-16-9-10(15-6-8-4-3-5-20-8)17-12(14)18-11(9)19-13;13-10-19-8(17-4-6-2-1-3-22-6)7-9(20-10)21-11(18-7)23-5-12(14,15)16;12-11-17-9(8-10(18-11)16-6-15-8)14-5-7-1-3-13-4-2-7;1-18-11-14-7-8(13-5-6-3-2-4-19-6)15-10(12)16-9(7)17-11;12-11-15-9-8(3-4-13-9)10(16-11)14-6-7-2-1-5-17-7;11-10-15-8(7-9(16-10)14-5-13-7)12-4-6-2-1-3-17-6;10-9-15-7(6-8(16-9)14-4-13-6)12-3-5-11-1-2-17-5/h3-5,7H,6H2,1-2H3,(H2,15,16,17,18,19);1-3H,4-5H2,(H2,17,18,19,20,21);1-4,6H,5H2,(H2,14,15,16,17,18);2-4H,5H2,1H3,(H2,13,14,15,16,17);1-2,4-5H,3,6H2,(H,14,15,16);1-3,5H,4H2,(H2,12,13,14,15,16);1-2,4H,3H2,(H2,12,13,14,15,16). The maximum Gasteiger partial charge on any atom is 0.422 e. The first-order valence-electron chi connectivity index (χ1n) is 38.5. The van der Waals surface area contributed by atoms with Crippen molar-refractivity contribution in [2.75, 3.05) is 50.9 Å². The number of fused-ring (bicyclic) bond motifs is 7. The van der Waals surface area contributed by atoms with Crippen molar-refractivity contribution >= 4 is 212 Å². The van der Waals surface area contributed by atoms with Crippen LogP contribution in [0.5, 0.6) is 18.0 Å². The molecule has 55 heteroatoms. The molecule has 44 nitrogen and oxygen atoms in total. The molecule has 1 aliphatic heterocycles. The zero-order chi connectivity index (χ0) is 91.9. The maximum atomic E-state index is 12.2. The fourth-order valence-corrected chi connectivity index (χ4v) is 13.3. The minimum Gasteiger partial charge on any atom is -0.468 e. The molecule has 13 N–H and O–H groups in total. The third kappa shape index (κ3) is 25.5. The number of ether oxygens (including phenoxy) is 3. The predicted octanol–water partition coefficient (Wildman–Crippen LogP) is 17.3. The first kappa shape index (κ1) is 91.8. The quantitative estimate of drug-likeness (QED) is 0.0224. The van der Waals surface area contributed by atoms with Gasteiger partial charge in [0.2, 0.25) is 37.0 Å². The Morgan fingerprint density at radius 2 is 0.758 bits per heavy atom. The molecule has 20 aromatic rings. The molecular formula is C77H66Cl7F3N36O8S. The number of aliphatic imine (C=N–C) groups is 1. The molecule has 0 saturated heterocycles. The molecule has 0 aliphatic carbocycles. The van der Waals surface area contributed by atoms with Gasteiger partial charge in [-0.1, -0.05) is 0 Å². The van der Waals surface area contributed by atoms with Gasteiger partial charge in [-0.25, -0.2) is 29.9 Å². The Kier molecular flexibility index (Phi) is 30.5. The molecule has 21 rings (SSSR count). The Bertz CT molecular complexity index is 6990. The summed E-state index contributed by atoms with van der Waals surface area (Å²) in [6.07, 6.45) is 16.0. The van der Waals surface area contributed by atoms with Crippen molar-refractivity contribution in [1.29, 1.82) is 0 Å². The molecule has 0 spiro atoms. The predicted molar refractivity (Wildman–Crippen MR) is 484 cm³/mol. The Balaban J connectivity index is 0.000000118. The van der Waals surface area contributed by atoms with Crippen molar-refractivity contribution in [2.45, 2.75) is 78.4 Å². The van der Waals surface area contributed by atoms with E-state index in [1.165, 1.54) is 13.4 Å². The Morgan fingerprint density at radius 3 is 1.14 bits per heavy atom. The largest absolute Gasteiger partial charge is 0.468 e. The second-order valence-electron chi connectivity index (χ2n) is 26.7. The van der Waals surface area contributed by atoms with Gasteiger partial charge < -0.3 is 103 Å². The number of alkyl halides is 3. The second kappa shape index (κ2) is 43.9. The molecule has 0 fully saturated rings. The van der Waals surface area contributed by atoms with Crippen LogP contribution in [0.15, 0.2) is 174 Å². The smallest absolute Gasteiger partial charge is 0.422 e. The highest BCUT2D eigenvalue weighted by Gasteiger charge is 2.30. The van der Waals surface area contributed by atoms with Crippen LogP contribution in [-0.2, 0) is 52.2 Å². The monoisotopic (exact) mass is 1960 g/mol. The van der Waals surface area contributed by atoms with E-state index in [4.69, 9.17) is 113 Å². The first-order valence-corrected chi connectivity index (χ1v) is 42.1. The Morgan fingerprint density at radius 1 is 0.402 bits per heavy atom. The van der Waals surface area contributed by atoms with E-state index in [1.54, 1.807) is 92.3 Å². The second-order valence-corrected chi connectivity index (χ2v) is 30.0. The van der Waals surface area contributed by atoms with Gasteiger partial charge in [0.05, 0.1) is 103 Å². The summed E-state index contributed by atoms with van der Waals surface area (Å²) in [5, 5.41) is 25.6. The molecular weight excluding hydrogens is 1890 g/mol. The van der Waals surface area contributed by atoms with E-state index in [9.17, 15) is 13.2 Å². The fraction of sp³-hybridized carbons (Fsp3) is 0.182. The van der Waals surface area contributed by atoms with Crippen LogP contribution in [0, 0.1) is 0 Å². The topological polar surface area (TPSA) is 568 Å². The zero-order valence-electron chi connectivity index (χ0n) is 68.1. The molecule has 0 bridgehead atoms. The summed E-state index contributed by atoms with van der Waals surface area (Å²) in [4.78, 5) is 111. The minimum absolute atomic E-state index is 0.00789. The Hall–Kier alpha value is -15.0. The molecule has 0 unspecified atom stereocenters. The molecule has 21 heterocycles. The summed E-state index contributed by atoms with van der Waals surface area (Å²) in [7, 11) is 1.52. The number of hydrogen-bond donors (Lipinski definition) is 13. The number of nitrogens with one attached hydrogen (secondary N) is 13. The lowest BCUT2D eigenvalue weighted by molar-refractivity contribution is -0.154. The number of hydrogen-bond acceptors (Lipinski definition) is 39. The van der Waals surface area contributed by atoms with Crippen LogP contribution in [0.4, 0.5) is 59.7 Å². The van der Waals surface area contributed by atoms with E-state index in [0.717, 1.165) is 62.1 Å². The summed E-state index contributed by atoms with van der Waals surface area (Å²) >= 11 is 42.4. The molecule has 0 atom stereocenters. The van der Waals surface area contributed by atoms with Gasteiger partial charge in [0.1, 0.15) is 72.7 Å². The van der Waals surface area contributed by atoms with E-state index >= 15 is 0 Å². The lowest BCUT2D eigenvalue weighted by atomic mass is 10.2. The highest BCUT2D eigenvalue weighted by molar-refractivity contribution is 7.09. The summed E-state index contributed by atoms with van der Waals surface area (Å²) in [5.74, 6) is 8.47. The normalized spacial score (nSPS) is 11.3. The number of imidazole rings is 6. The number of H-pyrrole nitrogens is 6. The van der Waals surface area contributed by atoms with Gasteiger partial charge in [-0.05, 0) is 173 Å². The van der Waals surface area contributed by atoms with Crippen molar-refractivity contribution in [3.63, 3.8) is 0 Å². The van der Waals surface area contributed by atoms with Crippen molar-refractivity contribution < 1.29 is 49.5 Å². The molecule has 0 saturated carbocycles. The average Bonchev–Trinajstić information content (AvgIpc) is 1.60. The van der Waals surface area contributed by atoms with E-state index in [0.29, 0.717) is 144 Å². The van der Waals surface area contributed by atoms with Crippen LogP contribution in [0.2, 0.25) is 37.0 Å². The van der Waals surface area contributed by atoms with Gasteiger partial charge >= 0.3 is 6.18 Å². The molecule has 0 radical (unpaired) electrons. The van der Waals surface area contributed by atoms with Crippen LogP contribution in [0.25, 0.3) is 67.0 Å². The van der Waals surface area contributed by atoms with Crippen molar-refractivity contribution in [3.05, 3.63) is 229 Å². The van der Waals surface area contributed by atoms with Gasteiger partial charge in [0.25, 0.3) is 18.0 Å². The number of thiazole rings is 1. The summed E-state index contributed by atoms with van der Waals surface area (Å²) < 4.78 is 77.7. The summed E-state index contributed by atoms with van der Waals surface area (Å²) in [5.41, 5.74) is 8.45. The number of methoxy groups -OCH3 is 1. The highest BCUT2D eigenvalue weighted by atomic mass is 35.5. The number of nitrogens with zero attached hydrogens (tertiary/aromatic N) is 23. The number of aromatic amines is 6. The first-order chi connectivity index (χ1) is 64.1. The number of halogens is 10. The van der Waals surface area contributed by atoms with Crippen LogP contribution < -0.4 is 51.4 Å². The summed E-state index contributed by atoms with van der Waals surface area (Å²) in [6, 6.07) is 22.6. The molecule has 132 heavy (non-hydrogen) atoms. The number of anilines is 7. The lowest BCUT2D eigenvalue weighted by Crippen LogP contribution is -2.19. The highest BCUT2D eigenvalue weighted by Crippen LogP contribution is 2.32. The fourth-order valence-electron chi connectivity index (χ4n) is 11.5. The van der Waals surface area contributed by atoms with Gasteiger partial charge in [0.15, 0.2) is 81.2 Å². The van der Waals surface area contributed by atoms with Gasteiger partial charge in [0, 0.05) is 48.7 Å². The van der Waals surface area contributed by atoms with Crippen LogP contribution in [-0.4, -0.2) is 172 Å². The van der Waals surface area contributed by atoms with E-state index in [-0.39, 0.29) is 66.1 Å². The molecule has 20 aromatic heterocycles. The van der Waals surface area contributed by atoms with Crippen molar-refractivity contribution in [1.82, 2.24) is 140 Å². The number of furan rings is 5. The number of pyridine rings is 1. The van der Waals surface area contributed by atoms with E-state index in [1.807, 2.05) is 79.9 Å². The van der Waals surface area contributed by atoms with Crippen molar-refractivity contribution in [2.24, 2.45) is 4.99 Å². The average molecular weight is 1960 g/mol. The van der Waals surface area contributed by atoms with E-state index in [2.05, 4.69) is 186 Å². The third-order valence-corrected chi connectivity index (χ3v) is 19.2. The van der Waals surface area contributed by atoms with Crippen LogP contribution in [0.3, 0.4) is 0 Å². The van der Waals surface area contributed by atoms with Gasteiger partial charge in [-0.2, -0.15) is 92.9 Å². The Labute approximate surface area is 777 Å². The maximum absolute atomic E-state index is 12.2. The molecule has 1 aliphatic rings. The zero-order valence-corrected chi connectivity index (χ0v) is 74.2. The summed E-state index contributed by atoms with van der Waals surface area (Å²) in [6.45, 7) is 5.94. The molecule has 0 amide bonds. The van der Waals surface area contributed by atoms with E-state index < -0.39 is 12.8 Å².